The van der Waals surface area contributed by atoms with Crippen molar-refractivity contribution < 1.29 is 14.8 Å². The highest BCUT2D eigenvalue weighted by atomic mass is 32.1. The maximum Gasteiger partial charge on any atom is 0.283 e. The number of hydrogen-bond donors (Lipinski definition) is 2. The standard InChI is InChI=1S/C16H18N2O4S/c1-11-14(18(21)22)9-15(23-11)16(20)17-10-13(7-8-19)12-5-3-2-4-6-12/h2-6,9,13,19H,7-8,10H2,1H3,(H,17,20). The second-order valence-corrected chi connectivity index (χ2v) is 6.40. The van der Waals surface area contributed by atoms with Crippen molar-refractivity contribution in [2.75, 3.05) is 13.2 Å². The number of benzene rings is 1. The van der Waals surface area contributed by atoms with Crippen molar-refractivity contribution in [1.82, 2.24) is 5.32 Å². The molecule has 2 aromatic rings. The van der Waals surface area contributed by atoms with E-state index in [1.54, 1.807) is 6.92 Å². The summed E-state index contributed by atoms with van der Waals surface area (Å²) in [6.45, 7) is 2.02. The molecule has 0 fully saturated rings. The molecule has 1 atom stereocenters. The molecule has 7 heteroatoms. The van der Waals surface area contributed by atoms with Crippen molar-refractivity contribution in [3.63, 3.8) is 0 Å². The number of amides is 1. The number of carbonyl (C=O) groups is 1. The number of thiophene rings is 1. The normalized spacial score (nSPS) is 11.9. The van der Waals surface area contributed by atoms with Crippen LogP contribution in [0.1, 0.15) is 32.5 Å². The summed E-state index contributed by atoms with van der Waals surface area (Å²) in [5, 5.41) is 22.8. The Hall–Kier alpha value is -2.25. The summed E-state index contributed by atoms with van der Waals surface area (Å²) in [6.07, 6.45) is 0.536. The van der Waals surface area contributed by atoms with Gasteiger partial charge in [0.15, 0.2) is 0 Å². The van der Waals surface area contributed by atoms with Crippen LogP contribution in [-0.4, -0.2) is 29.1 Å². The Morgan fingerprint density at radius 1 is 1.39 bits per heavy atom. The topological polar surface area (TPSA) is 92.5 Å². The van der Waals surface area contributed by atoms with Crippen LogP contribution in [0.4, 0.5) is 5.69 Å². The number of hydrogen-bond acceptors (Lipinski definition) is 5. The van der Waals surface area contributed by atoms with Crippen LogP contribution in [0.5, 0.6) is 0 Å². The van der Waals surface area contributed by atoms with Gasteiger partial charge in [-0.1, -0.05) is 30.3 Å². The van der Waals surface area contributed by atoms with Crippen LogP contribution in [0.15, 0.2) is 36.4 Å². The SMILES string of the molecule is Cc1sc(C(=O)NCC(CCO)c2ccccc2)cc1[N+](=O)[O-]. The van der Waals surface area contributed by atoms with Crippen molar-refractivity contribution in [3.05, 3.63) is 61.8 Å². The minimum Gasteiger partial charge on any atom is -0.396 e. The molecule has 1 unspecified atom stereocenters. The molecule has 1 heterocycles. The van der Waals surface area contributed by atoms with Gasteiger partial charge in [0.25, 0.3) is 11.6 Å². The molecule has 0 aliphatic carbocycles. The molecule has 6 nitrogen and oxygen atoms in total. The molecule has 0 saturated heterocycles. The number of nitrogens with zero attached hydrogens (tertiary/aromatic N) is 1. The Morgan fingerprint density at radius 2 is 2.09 bits per heavy atom. The molecule has 0 radical (unpaired) electrons. The minimum atomic E-state index is -0.485. The van der Waals surface area contributed by atoms with E-state index in [9.17, 15) is 20.0 Å². The number of nitro groups is 1. The van der Waals surface area contributed by atoms with Gasteiger partial charge >= 0.3 is 0 Å². The Kier molecular flexibility index (Phi) is 5.84. The second-order valence-electron chi connectivity index (χ2n) is 5.14. The van der Waals surface area contributed by atoms with Gasteiger partial charge in [0, 0.05) is 25.1 Å². The van der Waals surface area contributed by atoms with E-state index in [4.69, 9.17) is 0 Å². The van der Waals surface area contributed by atoms with Crippen LogP contribution < -0.4 is 5.32 Å². The first-order valence-corrected chi connectivity index (χ1v) is 8.03. The van der Waals surface area contributed by atoms with Crippen LogP contribution in [0, 0.1) is 17.0 Å². The lowest BCUT2D eigenvalue weighted by atomic mass is 9.96. The zero-order valence-corrected chi connectivity index (χ0v) is 13.5. The number of aliphatic hydroxyl groups excluding tert-OH is 1. The van der Waals surface area contributed by atoms with Crippen molar-refractivity contribution in [1.29, 1.82) is 0 Å². The molecule has 122 valence electrons. The van der Waals surface area contributed by atoms with E-state index in [0.29, 0.717) is 22.7 Å². The number of aryl methyl sites for hydroxylation is 1. The first-order valence-electron chi connectivity index (χ1n) is 7.21. The number of rotatable bonds is 7. The quantitative estimate of drug-likeness (QED) is 0.601. The zero-order valence-electron chi connectivity index (χ0n) is 12.7. The Bertz CT molecular complexity index is 685. The Balaban J connectivity index is 2.04. The summed E-state index contributed by atoms with van der Waals surface area (Å²) >= 11 is 1.11. The van der Waals surface area contributed by atoms with Crippen molar-refractivity contribution >= 4 is 22.9 Å². The Morgan fingerprint density at radius 3 is 2.65 bits per heavy atom. The molecule has 1 amide bonds. The summed E-state index contributed by atoms with van der Waals surface area (Å²) in [7, 11) is 0. The van der Waals surface area contributed by atoms with Crippen LogP contribution in [0.25, 0.3) is 0 Å². The van der Waals surface area contributed by atoms with Crippen molar-refractivity contribution in [2.24, 2.45) is 0 Å². The van der Waals surface area contributed by atoms with E-state index in [2.05, 4.69) is 5.32 Å². The van der Waals surface area contributed by atoms with Crippen molar-refractivity contribution in [2.45, 2.75) is 19.3 Å². The molecule has 2 N–H and O–H groups in total. The smallest absolute Gasteiger partial charge is 0.283 e. The van der Waals surface area contributed by atoms with E-state index in [1.165, 1.54) is 6.07 Å². The molecule has 23 heavy (non-hydrogen) atoms. The first kappa shape index (κ1) is 17.1. The largest absolute Gasteiger partial charge is 0.396 e. The predicted molar refractivity (Wildman–Crippen MR) is 88.9 cm³/mol. The van der Waals surface area contributed by atoms with Crippen LogP contribution in [0.2, 0.25) is 0 Å². The number of aliphatic hydroxyl groups is 1. The van der Waals surface area contributed by atoms with Gasteiger partial charge in [-0.05, 0) is 18.9 Å². The maximum atomic E-state index is 12.2. The zero-order chi connectivity index (χ0) is 16.8. The molecule has 0 spiro atoms. The van der Waals surface area contributed by atoms with Gasteiger partial charge in [-0.3, -0.25) is 14.9 Å². The van der Waals surface area contributed by atoms with Gasteiger partial charge in [-0.2, -0.15) is 0 Å². The third-order valence-corrected chi connectivity index (χ3v) is 4.61. The summed E-state index contributed by atoms with van der Waals surface area (Å²) in [6, 6.07) is 10.9. The number of carbonyl (C=O) groups excluding carboxylic acids is 1. The molecule has 2 rings (SSSR count). The molecule has 0 aliphatic rings. The van der Waals surface area contributed by atoms with Gasteiger partial charge in [0.1, 0.15) is 0 Å². The van der Waals surface area contributed by atoms with Gasteiger partial charge < -0.3 is 10.4 Å². The highest BCUT2D eigenvalue weighted by Gasteiger charge is 2.20. The van der Waals surface area contributed by atoms with E-state index < -0.39 is 4.92 Å². The molecule has 0 aliphatic heterocycles. The Labute approximate surface area is 137 Å². The third kappa shape index (κ3) is 4.37. The van der Waals surface area contributed by atoms with Gasteiger partial charge in [-0.15, -0.1) is 11.3 Å². The second kappa shape index (κ2) is 7.85. The molecular formula is C16H18N2O4S. The molecule has 1 aromatic carbocycles. The van der Waals surface area contributed by atoms with Crippen molar-refractivity contribution in [3.8, 4) is 0 Å². The summed E-state index contributed by atoms with van der Waals surface area (Å²) in [5.74, 6) is -0.328. The summed E-state index contributed by atoms with van der Waals surface area (Å²) < 4.78 is 0. The monoisotopic (exact) mass is 334 g/mol. The van der Waals surface area contributed by atoms with E-state index in [1.807, 2.05) is 30.3 Å². The molecule has 0 bridgehead atoms. The summed E-state index contributed by atoms with van der Waals surface area (Å²) in [5.41, 5.74) is 1.00. The summed E-state index contributed by atoms with van der Waals surface area (Å²) in [4.78, 5) is 23.4. The lowest BCUT2D eigenvalue weighted by Crippen LogP contribution is -2.28. The fourth-order valence-electron chi connectivity index (χ4n) is 2.34. The third-order valence-electron chi connectivity index (χ3n) is 3.57. The van der Waals surface area contributed by atoms with E-state index in [-0.39, 0.29) is 24.1 Å². The van der Waals surface area contributed by atoms with Gasteiger partial charge in [-0.25, -0.2) is 0 Å². The van der Waals surface area contributed by atoms with Crippen LogP contribution >= 0.6 is 11.3 Å². The molecular weight excluding hydrogens is 316 g/mol. The number of nitrogens with one attached hydrogen (secondary N) is 1. The average molecular weight is 334 g/mol. The first-order chi connectivity index (χ1) is 11.0. The van der Waals surface area contributed by atoms with E-state index >= 15 is 0 Å². The van der Waals surface area contributed by atoms with E-state index in [0.717, 1.165) is 16.9 Å². The molecule has 0 saturated carbocycles. The average Bonchev–Trinajstić information content (AvgIpc) is 2.94. The van der Waals surface area contributed by atoms with Crippen LogP contribution in [0.3, 0.4) is 0 Å². The minimum absolute atomic E-state index is 0.00111. The van der Waals surface area contributed by atoms with Gasteiger partial charge in [0.05, 0.1) is 14.7 Å². The highest BCUT2D eigenvalue weighted by molar-refractivity contribution is 7.14. The fraction of sp³-hybridized carbons (Fsp3) is 0.312. The van der Waals surface area contributed by atoms with Gasteiger partial charge in [0.2, 0.25) is 0 Å². The van der Waals surface area contributed by atoms with Crippen LogP contribution in [-0.2, 0) is 0 Å². The predicted octanol–water partition coefficient (Wildman–Crippen LogP) is 2.86. The maximum absolute atomic E-state index is 12.2. The fourth-order valence-corrected chi connectivity index (χ4v) is 3.24. The molecule has 1 aromatic heterocycles. The lowest BCUT2D eigenvalue weighted by Gasteiger charge is -2.16. The lowest BCUT2D eigenvalue weighted by molar-refractivity contribution is -0.385. The highest BCUT2D eigenvalue weighted by Crippen LogP contribution is 2.28.